The van der Waals surface area contributed by atoms with Crippen molar-refractivity contribution in [3.05, 3.63) is 58.3 Å². The van der Waals surface area contributed by atoms with Crippen molar-refractivity contribution in [2.45, 2.75) is 12.7 Å². The molecule has 1 aromatic heterocycles. The Morgan fingerprint density at radius 2 is 2.00 bits per heavy atom. The molecule has 0 fully saturated rings. The van der Waals surface area contributed by atoms with Gasteiger partial charge in [0.25, 0.3) is 0 Å². The van der Waals surface area contributed by atoms with Crippen molar-refractivity contribution < 1.29 is 13.2 Å². The molecule has 2 rings (SSSR count). The summed E-state index contributed by atoms with van der Waals surface area (Å²) in [4.78, 5) is 3.97. The quantitative estimate of drug-likeness (QED) is 0.897. The fourth-order valence-electron chi connectivity index (χ4n) is 1.53. The summed E-state index contributed by atoms with van der Waals surface area (Å²) >= 11 is 3.14. The first-order chi connectivity index (χ1) is 8.97. The third-order valence-corrected chi connectivity index (χ3v) is 3.16. The summed E-state index contributed by atoms with van der Waals surface area (Å²) < 4.78 is 37.9. The zero-order valence-corrected chi connectivity index (χ0v) is 11.3. The van der Waals surface area contributed by atoms with Gasteiger partial charge in [-0.2, -0.15) is 13.2 Å². The van der Waals surface area contributed by atoms with E-state index in [1.54, 1.807) is 18.5 Å². The second-order valence-corrected chi connectivity index (χ2v) is 4.76. The van der Waals surface area contributed by atoms with Crippen LogP contribution in [0.2, 0.25) is 0 Å². The largest absolute Gasteiger partial charge is 0.416 e. The minimum absolute atomic E-state index is 0.381. The molecule has 2 aromatic rings. The Morgan fingerprint density at radius 3 is 2.58 bits per heavy atom. The predicted octanol–water partition coefficient (Wildman–Crippen LogP) is 4.48. The van der Waals surface area contributed by atoms with E-state index in [1.807, 2.05) is 6.07 Å². The van der Waals surface area contributed by atoms with Crippen molar-refractivity contribution in [1.82, 2.24) is 4.98 Å². The molecular formula is C13H10BrF3N2. The predicted molar refractivity (Wildman–Crippen MR) is 70.7 cm³/mol. The van der Waals surface area contributed by atoms with Crippen LogP contribution in [0.5, 0.6) is 0 Å². The van der Waals surface area contributed by atoms with E-state index in [-0.39, 0.29) is 0 Å². The highest BCUT2D eigenvalue weighted by Gasteiger charge is 2.30. The van der Waals surface area contributed by atoms with Crippen LogP contribution >= 0.6 is 15.9 Å². The molecule has 0 saturated carbocycles. The zero-order valence-electron chi connectivity index (χ0n) is 9.71. The minimum Gasteiger partial charge on any atom is -0.380 e. The molecule has 1 N–H and O–H groups in total. The van der Waals surface area contributed by atoms with Gasteiger partial charge in [0, 0.05) is 29.1 Å². The number of halogens is 4. The molecule has 2 nitrogen and oxygen atoms in total. The number of pyridine rings is 1. The summed E-state index contributed by atoms with van der Waals surface area (Å²) in [6.07, 6.45) is -0.965. The molecule has 100 valence electrons. The molecule has 0 amide bonds. The summed E-state index contributed by atoms with van der Waals surface area (Å²) in [6.45, 7) is 0.498. The molecule has 0 atom stereocenters. The van der Waals surface area contributed by atoms with Gasteiger partial charge >= 0.3 is 6.18 Å². The normalized spacial score (nSPS) is 11.4. The smallest absolute Gasteiger partial charge is 0.380 e. The molecule has 0 bridgehead atoms. The molecule has 0 spiro atoms. The van der Waals surface area contributed by atoms with Crippen molar-refractivity contribution in [2.24, 2.45) is 0 Å². The molecule has 0 radical (unpaired) electrons. The molecular weight excluding hydrogens is 321 g/mol. The Hall–Kier alpha value is -1.56. The van der Waals surface area contributed by atoms with E-state index in [9.17, 15) is 13.2 Å². The van der Waals surface area contributed by atoms with Crippen molar-refractivity contribution in [3.63, 3.8) is 0 Å². The number of hydrogen-bond donors (Lipinski definition) is 1. The average Bonchev–Trinajstić information content (AvgIpc) is 2.37. The van der Waals surface area contributed by atoms with E-state index in [1.165, 1.54) is 6.07 Å². The van der Waals surface area contributed by atoms with Crippen molar-refractivity contribution in [1.29, 1.82) is 0 Å². The van der Waals surface area contributed by atoms with Crippen LogP contribution in [0.15, 0.2) is 47.2 Å². The fourth-order valence-corrected chi connectivity index (χ4v) is 2.05. The van der Waals surface area contributed by atoms with Gasteiger partial charge in [-0.3, -0.25) is 4.98 Å². The Morgan fingerprint density at radius 1 is 1.21 bits per heavy atom. The zero-order chi connectivity index (χ0) is 13.9. The molecule has 19 heavy (non-hydrogen) atoms. The van der Waals surface area contributed by atoms with Gasteiger partial charge in [0.15, 0.2) is 0 Å². The lowest BCUT2D eigenvalue weighted by Crippen LogP contribution is -2.06. The van der Waals surface area contributed by atoms with Gasteiger partial charge in [-0.15, -0.1) is 0 Å². The maximum Gasteiger partial charge on any atom is 0.416 e. The lowest BCUT2D eigenvalue weighted by atomic mass is 10.2. The Kier molecular flexibility index (Phi) is 4.09. The highest BCUT2D eigenvalue weighted by atomic mass is 79.9. The van der Waals surface area contributed by atoms with E-state index in [4.69, 9.17) is 0 Å². The highest BCUT2D eigenvalue weighted by molar-refractivity contribution is 9.10. The van der Waals surface area contributed by atoms with Gasteiger partial charge in [-0.05, 0) is 45.8 Å². The van der Waals surface area contributed by atoms with E-state index in [2.05, 4.69) is 26.2 Å². The first-order valence-electron chi connectivity index (χ1n) is 5.46. The van der Waals surface area contributed by atoms with Crippen LogP contribution in [0.3, 0.4) is 0 Å². The van der Waals surface area contributed by atoms with Gasteiger partial charge < -0.3 is 5.32 Å². The number of anilines is 1. The van der Waals surface area contributed by atoms with Crippen LogP contribution in [0, 0.1) is 0 Å². The Balaban J connectivity index is 2.10. The number of nitrogens with zero attached hydrogens (tertiary/aromatic N) is 1. The Labute approximate surface area is 116 Å². The molecule has 1 heterocycles. The van der Waals surface area contributed by atoms with Crippen LogP contribution in [0.1, 0.15) is 11.1 Å². The molecule has 0 aliphatic heterocycles. The number of aromatic nitrogens is 1. The molecule has 0 unspecified atom stereocenters. The maximum atomic E-state index is 12.5. The van der Waals surface area contributed by atoms with Crippen LogP contribution < -0.4 is 5.32 Å². The standard InChI is InChI=1S/C13H10BrF3N2/c14-11-6-10(13(15,16)17)3-4-12(11)19-8-9-2-1-5-18-7-9/h1-7,19H,8H2. The van der Waals surface area contributed by atoms with Crippen molar-refractivity contribution in [3.8, 4) is 0 Å². The van der Waals surface area contributed by atoms with E-state index >= 15 is 0 Å². The summed E-state index contributed by atoms with van der Waals surface area (Å²) in [7, 11) is 0. The second kappa shape index (κ2) is 5.61. The van der Waals surface area contributed by atoms with Gasteiger partial charge in [0.2, 0.25) is 0 Å². The number of nitrogens with one attached hydrogen (secondary N) is 1. The van der Waals surface area contributed by atoms with Crippen molar-refractivity contribution >= 4 is 21.6 Å². The number of hydrogen-bond acceptors (Lipinski definition) is 2. The molecule has 1 aromatic carbocycles. The molecule has 0 aliphatic rings. The number of rotatable bonds is 3. The molecule has 0 saturated heterocycles. The van der Waals surface area contributed by atoms with Gasteiger partial charge in [-0.25, -0.2) is 0 Å². The van der Waals surface area contributed by atoms with E-state index < -0.39 is 11.7 Å². The first-order valence-corrected chi connectivity index (χ1v) is 6.25. The lowest BCUT2D eigenvalue weighted by molar-refractivity contribution is -0.137. The number of alkyl halides is 3. The average molecular weight is 331 g/mol. The van der Waals surface area contributed by atoms with Gasteiger partial charge in [0.05, 0.1) is 5.56 Å². The summed E-state index contributed by atoms with van der Waals surface area (Å²) in [5, 5.41) is 3.05. The van der Waals surface area contributed by atoms with Crippen LogP contribution in [-0.2, 0) is 12.7 Å². The van der Waals surface area contributed by atoms with Gasteiger partial charge in [0.1, 0.15) is 0 Å². The van der Waals surface area contributed by atoms with E-state index in [0.717, 1.165) is 17.7 Å². The van der Waals surface area contributed by atoms with Crippen LogP contribution in [-0.4, -0.2) is 4.98 Å². The molecule has 6 heteroatoms. The summed E-state index contributed by atoms with van der Waals surface area (Å²) in [6, 6.07) is 7.21. The lowest BCUT2D eigenvalue weighted by Gasteiger charge is -2.11. The third-order valence-electron chi connectivity index (χ3n) is 2.50. The van der Waals surface area contributed by atoms with Crippen LogP contribution in [0.4, 0.5) is 18.9 Å². The summed E-state index contributed by atoms with van der Waals surface area (Å²) in [5.74, 6) is 0. The van der Waals surface area contributed by atoms with Crippen LogP contribution in [0.25, 0.3) is 0 Å². The second-order valence-electron chi connectivity index (χ2n) is 3.91. The minimum atomic E-state index is -4.33. The fraction of sp³-hybridized carbons (Fsp3) is 0.154. The monoisotopic (exact) mass is 330 g/mol. The summed E-state index contributed by atoms with van der Waals surface area (Å²) in [5.41, 5.74) is 0.887. The SMILES string of the molecule is FC(F)(F)c1ccc(NCc2cccnc2)c(Br)c1. The topological polar surface area (TPSA) is 24.9 Å². The van der Waals surface area contributed by atoms with Crippen molar-refractivity contribution in [2.75, 3.05) is 5.32 Å². The van der Waals surface area contributed by atoms with Gasteiger partial charge in [-0.1, -0.05) is 6.07 Å². The first kappa shape index (κ1) is 13.9. The number of benzene rings is 1. The maximum absolute atomic E-state index is 12.5. The highest BCUT2D eigenvalue weighted by Crippen LogP contribution is 2.33. The third kappa shape index (κ3) is 3.70. The Bertz CT molecular complexity index is 556. The molecule has 0 aliphatic carbocycles. The van der Waals surface area contributed by atoms with E-state index in [0.29, 0.717) is 16.7 Å².